The van der Waals surface area contributed by atoms with Gasteiger partial charge in [0.25, 0.3) is 10.0 Å². The highest BCUT2D eigenvalue weighted by Crippen LogP contribution is 2.29. The lowest BCUT2D eigenvalue weighted by atomic mass is 10.3. The largest absolute Gasteiger partial charge is 0.494 e. The fourth-order valence-corrected chi connectivity index (χ4v) is 4.86. The number of benzene rings is 1. The summed E-state index contributed by atoms with van der Waals surface area (Å²) in [5.41, 5.74) is 0.503. The van der Waals surface area contributed by atoms with Crippen LogP contribution in [0.15, 0.2) is 44.4 Å². The molecule has 2 rings (SSSR count). The van der Waals surface area contributed by atoms with E-state index in [2.05, 4.69) is 20.7 Å². The van der Waals surface area contributed by atoms with E-state index in [0.717, 1.165) is 11.3 Å². The first-order valence-electron chi connectivity index (χ1n) is 5.51. The van der Waals surface area contributed by atoms with Gasteiger partial charge in [0.1, 0.15) is 5.75 Å². The monoisotopic (exact) mass is 361 g/mol. The lowest BCUT2D eigenvalue weighted by Crippen LogP contribution is -2.11. The zero-order chi connectivity index (χ0) is 13.9. The van der Waals surface area contributed by atoms with E-state index in [9.17, 15) is 8.42 Å². The molecular formula is C12H12BrNO3S2. The molecule has 0 spiro atoms. The van der Waals surface area contributed by atoms with Crippen LogP contribution in [0.1, 0.15) is 6.92 Å². The number of ether oxygens (including phenoxy) is 1. The van der Waals surface area contributed by atoms with Gasteiger partial charge in [-0.1, -0.05) is 0 Å². The Labute approximate surface area is 124 Å². The fourth-order valence-electron chi connectivity index (χ4n) is 1.46. The molecule has 4 nitrogen and oxygen atoms in total. The molecule has 0 saturated heterocycles. The summed E-state index contributed by atoms with van der Waals surface area (Å²) < 4.78 is 32.9. The van der Waals surface area contributed by atoms with Gasteiger partial charge in [-0.25, -0.2) is 8.42 Å². The van der Waals surface area contributed by atoms with Crippen molar-refractivity contribution in [3.63, 3.8) is 0 Å². The molecule has 1 aromatic carbocycles. The average Bonchev–Trinajstić information content (AvgIpc) is 2.79. The van der Waals surface area contributed by atoms with Gasteiger partial charge < -0.3 is 4.74 Å². The van der Waals surface area contributed by atoms with Crippen LogP contribution in [0.4, 0.5) is 5.69 Å². The van der Waals surface area contributed by atoms with Crippen molar-refractivity contribution >= 4 is 43.0 Å². The quantitative estimate of drug-likeness (QED) is 0.882. The summed E-state index contributed by atoms with van der Waals surface area (Å²) in [6.07, 6.45) is 0. The second-order valence-corrected chi connectivity index (χ2v) is 7.27. The predicted molar refractivity (Wildman–Crippen MR) is 80.4 cm³/mol. The summed E-state index contributed by atoms with van der Waals surface area (Å²) >= 11 is 4.38. The number of anilines is 1. The maximum atomic E-state index is 12.1. The Morgan fingerprint density at radius 3 is 2.47 bits per heavy atom. The van der Waals surface area contributed by atoms with Gasteiger partial charge in [0.2, 0.25) is 0 Å². The molecule has 1 aromatic heterocycles. The number of halogens is 1. The third-order valence-corrected chi connectivity index (χ3v) is 6.30. The highest BCUT2D eigenvalue weighted by atomic mass is 79.9. The van der Waals surface area contributed by atoms with Crippen molar-refractivity contribution in [3.8, 4) is 5.75 Å². The highest BCUT2D eigenvalue weighted by Gasteiger charge is 2.19. The number of rotatable bonds is 5. The van der Waals surface area contributed by atoms with Gasteiger partial charge >= 0.3 is 0 Å². The molecule has 1 heterocycles. The summed E-state index contributed by atoms with van der Waals surface area (Å²) in [6.45, 7) is 2.47. The Bertz CT molecular complexity index is 650. The number of sulfonamides is 1. The molecule has 0 aliphatic heterocycles. The predicted octanol–water partition coefficient (Wildman–Crippen LogP) is 3.71. The van der Waals surface area contributed by atoms with Crippen LogP contribution in [0.5, 0.6) is 5.75 Å². The van der Waals surface area contributed by atoms with Gasteiger partial charge in [0.15, 0.2) is 4.21 Å². The Morgan fingerprint density at radius 2 is 1.95 bits per heavy atom. The standard InChI is InChI=1S/C12H12BrNO3S2/c1-2-17-10-5-3-9(4-6-10)14-19(15,16)12-11(13)7-8-18-12/h3-8,14H,2H2,1H3. The van der Waals surface area contributed by atoms with Crippen LogP contribution in [0.3, 0.4) is 0 Å². The van der Waals surface area contributed by atoms with Crippen LogP contribution in [0.2, 0.25) is 0 Å². The van der Waals surface area contributed by atoms with Crippen LogP contribution in [-0.2, 0) is 10.0 Å². The number of hydrogen-bond acceptors (Lipinski definition) is 4. The Kier molecular flexibility index (Phi) is 4.49. The molecule has 102 valence electrons. The molecule has 0 bridgehead atoms. The van der Waals surface area contributed by atoms with Crippen molar-refractivity contribution in [1.82, 2.24) is 0 Å². The van der Waals surface area contributed by atoms with E-state index >= 15 is 0 Å². The van der Waals surface area contributed by atoms with E-state index < -0.39 is 10.0 Å². The van der Waals surface area contributed by atoms with Crippen molar-refractivity contribution in [1.29, 1.82) is 0 Å². The molecule has 2 aromatic rings. The molecule has 0 aliphatic carbocycles. The SMILES string of the molecule is CCOc1ccc(NS(=O)(=O)c2sccc2Br)cc1. The van der Waals surface area contributed by atoms with Gasteiger partial charge in [0, 0.05) is 10.2 Å². The van der Waals surface area contributed by atoms with Crippen LogP contribution >= 0.6 is 27.3 Å². The Balaban J connectivity index is 2.19. The third-order valence-electron chi connectivity index (χ3n) is 2.25. The van der Waals surface area contributed by atoms with Crippen LogP contribution in [-0.4, -0.2) is 15.0 Å². The zero-order valence-corrected chi connectivity index (χ0v) is 13.3. The van der Waals surface area contributed by atoms with Crippen LogP contribution in [0, 0.1) is 0 Å². The maximum absolute atomic E-state index is 12.1. The topological polar surface area (TPSA) is 55.4 Å². The normalized spacial score (nSPS) is 11.3. The van der Waals surface area contributed by atoms with Crippen LogP contribution < -0.4 is 9.46 Å². The van der Waals surface area contributed by atoms with Crippen molar-refractivity contribution in [2.45, 2.75) is 11.1 Å². The lowest BCUT2D eigenvalue weighted by Gasteiger charge is -2.08. The minimum atomic E-state index is -3.54. The van der Waals surface area contributed by atoms with Crippen molar-refractivity contribution < 1.29 is 13.2 Å². The van der Waals surface area contributed by atoms with Crippen LogP contribution in [0.25, 0.3) is 0 Å². The average molecular weight is 362 g/mol. The molecule has 19 heavy (non-hydrogen) atoms. The second kappa shape index (κ2) is 5.94. The van der Waals surface area contributed by atoms with Gasteiger partial charge in [-0.3, -0.25) is 4.72 Å². The summed E-state index contributed by atoms with van der Waals surface area (Å²) in [4.78, 5) is 0. The molecule has 0 amide bonds. The van der Waals surface area contributed by atoms with Crippen molar-refractivity contribution in [2.75, 3.05) is 11.3 Å². The Morgan fingerprint density at radius 1 is 1.26 bits per heavy atom. The van der Waals surface area contributed by atoms with E-state index in [1.807, 2.05) is 6.92 Å². The lowest BCUT2D eigenvalue weighted by molar-refractivity contribution is 0.340. The summed E-state index contributed by atoms with van der Waals surface area (Å²) in [5.74, 6) is 0.711. The molecule has 0 aliphatic rings. The molecule has 7 heteroatoms. The molecule has 0 fully saturated rings. The molecule has 0 saturated carbocycles. The van der Waals surface area contributed by atoms with Gasteiger partial charge in [0.05, 0.1) is 6.61 Å². The summed E-state index contributed by atoms with van der Waals surface area (Å²) in [7, 11) is -3.54. The number of thiophene rings is 1. The first-order valence-corrected chi connectivity index (χ1v) is 8.67. The maximum Gasteiger partial charge on any atom is 0.272 e. The minimum absolute atomic E-state index is 0.265. The smallest absolute Gasteiger partial charge is 0.272 e. The van der Waals surface area contributed by atoms with E-state index in [4.69, 9.17) is 4.74 Å². The van der Waals surface area contributed by atoms with Gasteiger partial charge in [-0.15, -0.1) is 11.3 Å². The van der Waals surface area contributed by atoms with E-state index in [0.29, 0.717) is 22.5 Å². The summed E-state index contributed by atoms with van der Waals surface area (Å²) in [6, 6.07) is 8.50. The third kappa shape index (κ3) is 3.49. The van der Waals surface area contributed by atoms with Crippen molar-refractivity contribution in [3.05, 3.63) is 40.2 Å². The second-order valence-electron chi connectivity index (χ2n) is 3.62. The molecule has 0 radical (unpaired) electrons. The number of nitrogens with one attached hydrogen (secondary N) is 1. The molecule has 0 unspecified atom stereocenters. The number of hydrogen-bond donors (Lipinski definition) is 1. The van der Waals surface area contributed by atoms with E-state index in [1.54, 1.807) is 35.7 Å². The van der Waals surface area contributed by atoms with Gasteiger partial charge in [-0.05, 0) is 58.6 Å². The minimum Gasteiger partial charge on any atom is -0.494 e. The van der Waals surface area contributed by atoms with Crippen molar-refractivity contribution in [2.24, 2.45) is 0 Å². The van der Waals surface area contributed by atoms with E-state index in [-0.39, 0.29) is 4.21 Å². The summed E-state index contributed by atoms with van der Waals surface area (Å²) in [5, 5.41) is 1.72. The molecule has 0 atom stereocenters. The molecule has 1 N–H and O–H groups in total. The van der Waals surface area contributed by atoms with E-state index in [1.165, 1.54) is 0 Å². The molecular weight excluding hydrogens is 350 g/mol. The Hall–Kier alpha value is -1.05. The first-order chi connectivity index (χ1) is 9.03. The first kappa shape index (κ1) is 14.4. The fraction of sp³-hybridized carbons (Fsp3) is 0.167. The van der Waals surface area contributed by atoms with Gasteiger partial charge in [-0.2, -0.15) is 0 Å². The zero-order valence-electron chi connectivity index (χ0n) is 10.1. The highest BCUT2D eigenvalue weighted by molar-refractivity contribution is 9.10.